The normalized spacial score (nSPS) is 11.2. The van der Waals surface area contributed by atoms with Gasteiger partial charge in [0.15, 0.2) is 0 Å². The number of hydrogen-bond donors (Lipinski definition) is 2. The molecule has 110 valence electrons. The summed E-state index contributed by atoms with van der Waals surface area (Å²) < 4.78 is 0. The Balaban J connectivity index is 2.38. The Labute approximate surface area is 130 Å². The highest BCUT2D eigenvalue weighted by atomic mass is 35.5. The van der Waals surface area contributed by atoms with E-state index in [4.69, 9.17) is 17.3 Å². The molecule has 0 bridgehead atoms. The molecule has 0 atom stereocenters. The number of para-hydroxylation sites is 1. The lowest BCUT2D eigenvalue weighted by Gasteiger charge is -2.23. The fraction of sp³-hybridized carbons (Fsp3) is 0.235. The molecule has 0 fully saturated rings. The third-order valence-corrected chi connectivity index (χ3v) is 3.57. The predicted octanol–water partition coefficient (Wildman–Crippen LogP) is 4.47. The van der Waals surface area contributed by atoms with Crippen LogP contribution in [0.15, 0.2) is 42.5 Å². The van der Waals surface area contributed by atoms with Crippen LogP contribution in [0.3, 0.4) is 0 Å². The molecule has 2 aromatic rings. The van der Waals surface area contributed by atoms with E-state index in [1.165, 1.54) is 0 Å². The third-order valence-electron chi connectivity index (χ3n) is 3.26. The summed E-state index contributed by atoms with van der Waals surface area (Å²) in [5.41, 5.74) is 8.29. The van der Waals surface area contributed by atoms with Crippen LogP contribution in [0.2, 0.25) is 5.02 Å². The lowest BCUT2D eigenvalue weighted by molar-refractivity contribution is 0.102. The molecule has 0 saturated carbocycles. The summed E-state index contributed by atoms with van der Waals surface area (Å²) in [6.45, 7) is 6.30. The van der Waals surface area contributed by atoms with Gasteiger partial charge in [0, 0.05) is 11.4 Å². The summed E-state index contributed by atoms with van der Waals surface area (Å²) in [5.74, 6) is -0.296. The first-order valence-corrected chi connectivity index (χ1v) is 7.13. The standard InChI is InChI=1S/C17H19ClN2O/c1-17(2,3)11-7-4-5-10-14(11)20-16(21)15-12(18)8-6-9-13(15)19/h4-10H,19H2,1-3H3,(H,20,21). The third kappa shape index (κ3) is 3.37. The summed E-state index contributed by atoms with van der Waals surface area (Å²) in [7, 11) is 0. The topological polar surface area (TPSA) is 55.1 Å². The molecule has 4 heteroatoms. The number of halogens is 1. The Hall–Kier alpha value is -2.00. The van der Waals surface area contributed by atoms with E-state index in [1.807, 2.05) is 24.3 Å². The van der Waals surface area contributed by atoms with E-state index in [2.05, 4.69) is 26.1 Å². The number of anilines is 2. The van der Waals surface area contributed by atoms with Crippen LogP contribution in [0.25, 0.3) is 0 Å². The van der Waals surface area contributed by atoms with Gasteiger partial charge < -0.3 is 11.1 Å². The van der Waals surface area contributed by atoms with E-state index < -0.39 is 0 Å². The molecule has 2 aromatic carbocycles. The van der Waals surface area contributed by atoms with Gasteiger partial charge in [-0.25, -0.2) is 0 Å². The van der Waals surface area contributed by atoms with Gasteiger partial charge in [-0.2, -0.15) is 0 Å². The molecule has 0 heterocycles. The van der Waals surface area contributed by atoms with E-state index in [1.54, 1.807) is 18.2 Å². The van der Waals surface area contributed by atoms with Crippen molar-refractivity contribution in [1.82, 2.24) is 0 Å². The van der Waals surface area contributed by atoms with E-state index in [9.17, 15) is 4.79 Å². The molecular formula is C17H19ClN2O. The van der Waals surface area contributed by atoms with E-state index >= 15 is 0 Å². The van der Waals surface area contributed by atoms with Crippen LogP contribution < -0.4 is 11.1 Å². The minimum Gasteiger partial charge on any atom is -0.398 e. The molecule has 0 unspecified atom stereocenters. The van der Waals surface area contributed by atoms with E-state index in [0.717, 1.165) is 11.3 Å². The Morgan fingerprint density at radius 3 is 2.38 bits per heavy atom. The maximum absolute atomic E-state index is 12.5. The van der Waals surface area contributed by atoms with Crippen LogP contribution >= 0.6 is 11.6 Å². The first kappa shape index (κ1) is 15.4. The SMILES string of the molecule is CC(C)(C)c1ccccc1NC(=O)c1c(N)cccc1Cl. The zero-order valence-corrected chi connectivity index (χ0v) is 13.2. The van der Waals surface area contributed by atoms with E-state index in [-0.39, 0.29) is 11.3 Å². The molecule has 0 aliphatic rings. The van der Waals surface area contributed by atoms with Gasteiger partial charge in [-0.05, 0) is 29.2 Å². The number of rotatable bonds is 2. The van der Waals surface area contributed by atoms with Gasteiger partial charge in [-0.3, -0.25) is 4.79 Å². The molecule has 0 aliphatic heterocycles. The summed E-state index contributed by atoms with van der Waals surface area (Å²) >= 11 is 6.08. The summed E-state index contributed by atoms with van der Waals surface area (Å²) in [6.07, 6.45) is 0. The fourth-order valence-corrected chi connectivity index (χ4v) is 2.48. The molecule has 0 aliphatic carbocycles. The number of benzene rings is 2. The van der Waals surface area contributed by atoms with Crippen LogP contribution in [0, 0.1) is 0 Å². The number of nitrogen functional groups attached to an aromatic ring is 1. The van der Waals surface area contributed by atoms with Crippen molar-refractivity contribution in [3.05, 3.63) is 58.6 Å². The quantitative estimate of drug-likeness (QED) is 0.804. The van der Waals surface area contributed by atoms with E-state index in [0.29, 0.717) is 16.3 Å². The van der Waals surface area contributed by atoms with Gasteiger partial charge in [0.2, 0.25) is 0 Å². The maximum atomic E-state index is 12.5. The second kappa shape index (κ2) is 5.78. The van der Waals surface area contributed by atoms with Crippen molar-refractivity contribution >= 4 is 28.9 Å². The van der Waals surface area contributed by atoms with Crippen LogP contribution in [-0.2, 0) is 5.41 Å². The molecule has 0 radical (unpaired) electrons. The number of nitrogens with two attached hydrogens (primary N) is 1. The van der Waals surface area contributed by atoms with Crippen molar-refractivity contribution < 1.29 is 4.79 Å². The highest BCUT2D eigenvalue weighted by Crippen LogP contribution is 2.30. The van der Waals surface area contributed by atoms with Gasteiger partial charge in [-0.15, -0.1) is 0 Å². The average Bonchev–Trinajstić information content (AvgIpc) is 2.37. The minimum absolute atomic E-state index is 0.0735. The monoisotopic (exact) mass is 302 g/mol. The Bertz CT molecular complexity index is 654. The maximum Gasteiger partial charge on any atom is 0.259 e. The summed E-state index contributed by atoms with van der Waals surface area (Å²) in [4.78, 5) is 12.5. The first-order chi connectivity index (χ1) is 9.80. The molecular weight excluding hydrogens is 284 g/mol. The fourth-order valence-electron chi connectivity index (χ4n) is 2.21. The molecule has 3 nitrogen and oxygen atoms in total. The van der Waals surface area contributed by atoms with Gasteiger partial charge in [0.1, 0.15) is 0 Å². The number of hydrogen-bond acceptors (Lipinski definition) is 2. The van der Waals surface area contributed by atoms with Gasteiger partial charge in [-0.1, -0.05) is 56.6 Å². The van der Waals surface area contributed by atoms with Crippen LogP contribution in [0.1, 0.15) is 36.7 Å². The Morgan fingerprint density at radius 1 is 1.10 bits per heavy atom. The molecule has 21 heavy (non-hydrogen) atoms. The van der Waals surface area contributed by atoms with Crippen molar-refractivity contribution in [2.24, 2.45) is 0 Å². The number of nitrogens with one attached hydrogen (secondary N) is 1. The van der Waals surface area contributed by atoms with Crippen molar-refractivity contribution in [2.45, 2.75) is 26.2 Å². The Morgan fingerprint density at radius 2 is 1.76 bits per heavy atom. The summed E-state index contributed by atoms with van der Waals surface area (Å²) in [6, 6.07) is 12.8. The molecule has 0 aromatic heterocycles. The number of carbonyl (C=O) groups is 1. The van der Waals surface area contributed by atoms with Crippen molar-refractivity contribution in [3.63, 3.8) is 0 Å². The minimum atomic E-state index is -0.296. The van der Waals surface area contributed by atoms with Crippen molar-refractivity contribution in [1.29, 1.82) is 0 Å². The van der Waals surface area contributed by atoms with Gasteiger partial charge in [0.05, 0.1) is 10.6 Å². The smallest absolute Gasteiger partial charge is 0.259 e. The summed E-state index contributed by atoms with van der Waals surface area (Å²) in [5, 5.41) is 3.26. The number of amides is 1. The average molecular weight is 303 g/mol. The predicted molar refractivity (Wildman–Crippen MR) is 89.0 cm³/mol. The second-order valence-electron chi connectivity index (χ2n) is 5.95. The molecule has 0 spiro atoms. The van der Waals surface area contributed by atoms with Crippen molar-refractivity contribution in [3.8, 4) is 0 Å². The first-order valence-electron chi connectivity index (χ1n) is 6.75. The van der Waals surface area contributed by atoms with Gasteiger partial charge >= 0.3 is 0 Å². The second-order valence-corrected chi connectivity index (χ2v) is 6.36. The molecule has 0 saturated heterocycles. The molecule has 3 N–H and O–H groups in total. The molecule has 2 rings (SSSR count). The lowest BCUT2D eigenvalue weighted by Crippen LogP contribution is -2.19. The highest BCUT2D eigenvalue weighted by molar-refractivity contribution is 6.35. The highest BCUT2D eigenvalue weighted by Gasteiger charge is 2.20. The number of carbonyl (C=O) groups excluding carboxylic acids is 1. The lowest BCUT2D eigenvalue weighted by atomic mass is 9.86. The van der Waals surface area contributed by atoms with Crippen LogP contribution in [0.5, 0.6) is 0 Å². The molecule has 1 amide bonds. The Kier molecular flexibility index (Phi) is 4.24. The zero-order chi connectivity index (χ0) is 15.6. The van der Waals surface area contributed by atoms with Gasteiger partial charge in [0.25, 0.3) is 5.91 Å². The van der Waals surface area contributed by atoms with Crippen molar-refractivity contribution in [2.75, 3.05) is 11.1 Å². The zero-order valence-electron chi connectivity index (χ0n) is 12.4. The van der Waals surface area contributed by atoms with Crippen LogP contribution in [-0.4, -0.2) is 5.91 Å². The largest absolute Gasteiger partial charge is 0.398 e. The van der Waals surface area contributed by atoms with Crippen LogP contribution in [0.4, 0.5) is 11.4 Å².